The SMILES string of the molecule is CN1C(=O)Cc2cc(C(=O)Nc3ccc4cn[nH]c4c3)ccc21. The Morgan fingerprint density at radius 2 is 2.13 bits per heavy atom. The molecule has 2 heterocycles. The number of anilines is 2. The zero-order chi connectivity index (χ0) is 16.0. The average molecular weight is 306 g/mol. The Bertz CT molecular complexity index is 945. The van der Waals surface area contributed by atoms with Crippen LogP contribution < -0.4 is 10.2 Å². The Labute approximate surface area is 132 Å². The highest BCUT2D eigenvalue weighted by atomic mass is 16.2. The average Bonchev–Trinajstić information content (AvgIpc) is 3.11. The van der Waals surface area contributed by atoms with Gasteiger partial charge in [-0.1, -0.05) is 0 Å². The number of carbonyl (C=O) groups excluding carboxylic acids is 2. The van der Waals surface area contributed by atoms with Crippen molar-refractivity contribution in [1.82, 2.24) is 10.2 Å². The van der Waals surface area contributed by atoms with Gasteiger partial charge in [0, 0.05) is 29.4 Å². The second-order valence-electron chi connectivity index (χ2n) is 5.60. The van der Waals surface area contributed by atoms with Gasteiger partial charge in [0.05, 0.1) is 18.1 Å². The van der Waals surface area contributed by atoms with Crippen molar-refractivity contribution in [2.75, 3.05) is 17.3 Å². The predicted octanol–water partition coefficient (Wildman–Crippen LogP) is 2.33. The van der Waals surface area contributed by atoms with E-state index >= 15 is 0 Å². The Balaban J connectivity index is 1.60. The summed E-state index contributed by atoms with van der Waals surface area (Å²) in [5.41, 5.74) is 3.85. The van der Waals surface area contributed by atoms with Gasteiger partial charge in [-0.25, -0.2) is 0 Å². The van der Waals surface area contributed by atoms with Crippen molar-refractivity contribution in [3.63, 3.8) is 0 Å². The van der Waals surface area contributed by atoms with Crippen molar-refractivity contribution >= 4 is 34.1 Å². The zero-order valence-electron chi connectivity index (χ0n) is 12.5. The molecule has 0 saturated heterocycles. The second-order valence-corrected chi connectivity index (χ2v) is 5.60. The van der Waals surface area contributed by atoms with Crippen LogP contribution in [0.3, 0.4) is 0 Å². The van der Waals surface area contributed by atoms with Crippen LogP contribution in [-0.4, -0.2) is 29.1 Å². The number of nitrogens with one attached hydrogen (secondary N) is 2. The first-order valence-electron chi connectivity index (χ1n) is 7.26. The standard InChI is InChI=1S/C17H14N4O2/c1-21-15-5-3-10(6-12(15)7-16(21)22)17(23)19-13-4-2-11-9-18-20-14(11)8-13/h2-6,8-9H,7H2,1H3,(H,18,20)(H,19,23). The van der Waals surface area contributed by atoms with Crippen LogP contribution >= 0.6 is 0 Å². The molecule has 114 valence electrons. The first-order chi connectivity index (χ1) is 11.1. The van der Waals surface area contributed by atoms with Gasteiger partial charge in [-0.05, 0) is 42.0 Å². The van der Waals surface area contributed by atoms with Crippen molar-refractivity contribution in [1.29, 1.82) is 0 Å². The van der Waals surface area contributed by atoms with Crippen LogP contribution in [0.4, 0.5) is 11.4 Å². The highest BCUT2D eigenvalue weighted by Crippen LogP contribution is 2.28. The van der Waals surface area contributed by atoms with Gasteiger partial charge in [0.1, 0.15) is 0 Å². The minimum Gasteiger partial charge on any atom is -0.322 e. The Morgan fingerprint density at radius 1 is 1.26 bits per heavy atom. The molecule has 2 N–H and O–H groups in total. The molecule has 4 rings (SSSR count). The number of rotatable bonds is 2. The van der Waals surface area contributed by atoms with E-state index in [4.69, 9.17) is 0 Å². The smallest absolute Gasteiger partial charge is 0.255 e. The summed E-state index contributed by atoms with van der Waals surface area (Å²) in [5.74, 6) is -0.157. The highest BCUT2D eigenvalue weighted by Gasteiger charge is 2.24. The van der Waals surface area contributed by atoms with Crippen LogP contribution in [0.5, 0.6) is 0 Å². The summed E-state index contributed by atoms with van der Waals surface area (Å²) >= 11 is 0. The van der Waals surface area contributed by atoms with Gasteiger partial charge in [0.2, 0.25) is 5.91 Å². The maximum atomic E-state index is 12.4. The molecule has 0 aliphatic carbocycles. The Morgan fingerprint density at radius 3 is 3.00 bits per heavy atom. The van der Waals surface area contributed by atoms with Gasteiger partial charge in [-0.2, -0.15) is 5.10 Å². The molecule has 1 aliphatic heterocycles. The molecule has 1 aliphatic rings. The summed E-state index contributed by atoms with van der Waals surface area (Å²) in [5, 5.41) is 10.7. The molecular weight excluding hydrogens is 292 g/mol. The van der Waals surface area contributed by atoms with Crippen molar-refractivity contribution in [3.05, 3.63) is 53.7 Å². The molecule has 1 aromatic heterocycles. The number of hydrogen-bond acceptors (Lipinski definition) is 3. The first kappa shape index (κ1) is 13.5. The lowest BCUT2D eigenvalue weighted by Crippen LogP contribution is -2.20. The largest absolute Gasteiger partial charge is 0.322 e. The molecule has 2 aromatic carbocycles. The van der Waals surface area contributed by atoms with E-state index in [1.165, 1.54) is 0 Å². The third-order valence-corrected chi connectivity index (χ3v) is 4.12. The lowest BCUT2D eigenvalue weighted by atomic mass is 10.1. The van der Waals surface area contributed by atoms with Crippen LogP contribution in [0.2, 0.25) is 0 Å². The lowest BCUT2D eigenvalue weighted by molar-refractivity contribution is -0.117. The number of fused-ring (bicyclic) bond motifs is 2. The van der Waals surface area contributed by atoms with Gasteiger partial charge in [-0.3, -0.25) is 14.7 Å². The maximum absolute atomic E-state index is 12.4. The number of aromatic amines is 1. The number of nitrogens with zero attached hydrogens (tertiary/aromatic N) is 2. The maximum Gasteiger partial charge on any atom is 0.255 e. The monoisotopic (exact) mass is 306 g/mol. The van der Waals surface area contributed by atoms with Crippen molar-refractivity contribution in [2.24, 2.45) is 0 Å². The first-order valence-corrected chi connectivity index (χ1v) is 7.26. The molecule has 0 spiro atoms. The van der Waals surface area contributed by atoms with Crippen LogP contribution in [0.1, 0.15) is 15.9 Å². The molecule has 23 heavy (non-hydrogen) atoms. The number of hydrogen-bond donors (Lipinski definition) is 2. The summed E-state index contributed by atoms with van der Waals surface area (Å²) in [4.78, 5) is 25.7. The summed E-state index contributed by atoms with van der Waals surface area (Å²) in [6, 6.07) is 10.9. The zero-order valence-corrected chi connectivity index (χ0v) is 12.5. The van der Waals surface area contributed by atoms with E-state index in [2.05, 4.69) is 15.5 Å². The third-order valence-electron chi connectivity index (χ3n) is 4.12. The topological polar surface area (TPSA) is 78.1 Å². The molecule has 0 fully saturated rings. The third kappa shape index (κ3) is 2.24. The molecule has 0 atom stereocenters. The van der Waals surface area contributed by atoms with Crippen LogP contribution in [0, 0.1) is 0 Å². The fraction of sp³-hybridized carbons (Fsp3) is 0.118. The summed E-state index contributed by atoms with van der Waals surface area (Å²) in [7, 11) is 1.74. The van der Waals surface area contributed by atoms with Gasteiger partial charge in [0.25, 0.3) is 5.91 Å². The fourth-order valence-corrected chi connectivity index (χ4v) is 2.83. The lowest BCUT2D eigenvalue weighted by Gasteiger charge is -2.10. The van der Waals surface area contributed by atoms with E-state index in [1.54, 1.807) is 30.3 Å². The van der Waals surface area contributed by atoms with Gasteiger partial charge < -0.3 is 10.2 Å². The van der Waals surface area contributed by atoms with E-state index < -0.39 is 0 Å². The summed E-state index contributed by atoms with van der Waals surface area (Å²) in [6.45, 7) is 0. The number of benzene rings is 2. The van der Waals surface area contributed by atoms with E-state index in [1.807, 2.05) is 24.3 Å². The number of aromatic nitrogens is 2. The van der Waals surface area contributed by atoms with E-state index in [-0.39, 0.29) is 11.8 Å². The number of likely N-dealkylation sites (N-methyl/N-ethyl adjacent to an activating group) is 1. The highest BCUT2D eigenvalue weighted by molar-refractivity contribution is 6.07. The van der Waals surface area contributed by atoms with E-state index in [0.29, 0.717) is 17.7 Å². The number of H-pyrrole nitrogens is 1. The molecule has 6 nitrogen and oxygen atoms in total. The summed E-state index contributed by atoms with van der Waals surface area (Å²) < 4.78 is 0. The Hall–Kier alpha value is -3.15. The molecule has 6 heteroatoms. The van der Waals surface area contributed by atoms with E-state index in [0.717, 1.165) is 22.2 Å². The molecule has 0 radical (unpaired) electrons. The normalized spacial score (nSPS) is 13.4. The minimum absolute atomic E-state index is 0.0438. The second kappa shape index (κ2) is 4.95. The van der Waals surface area contributed by atoms with Crippen LogP contribution in [-0.2, 0) is 11.2 Å². The molecule has 0 unspecified atom stereocenters. The quantitative estimate of drug-likeness (QED) is 0.763. The molecule has 3 aromatic rings. The van der Waals surface area contributed by atoms with Gasteiger partial charge in [0.15, 0.2) is 0 Å². The number of amides is 2. The molecule has 0 saturated carbocycles. The molecule has 0 bridgehead atoms. The van der Waals surface area contributed by atoms with Crippen molar-refractivity contribution < 1.29 is 9.59 Å². The predicted molar refractivity (Wildman–Crippen MR) is 87.6 cm³/mol. The number of carbonyl (C=O) groups is 2. The van der Waals surface area contributed by atoms with Crippen LogP contribution in [0.25, 0.3) is 10.9 Å². The Kier molecular flexibility index (Phi) is 2.90. The molecular formula is C17H14N4O2. The van der Waals surface area contributed by atoms with Gasteiger partial charge >= 0.3 is 0 Å². The van der Waals surface area contributed by atoms with Crippen LogP contribution in [0.15, 0.2) is 42.6 Å². The summed E-state index contributed by atoms with van der Waals surface area (Å²) in [6.07, 6.45) is 2.07. The van der Waals surface area contributed by atoms with Gasteiger partial charge in [-0.15, -0.1) is 0 Å². The van der Waals surface area contributed by atoms with E-state index in [9.17, 15) is 9.59 Å². The van der Waals surface area contributed by atoms with Crippen molar-refractivity contribution in [2.45, 2.75) is 6.42 Å². The van der Waals surface area contributed by atoms with Crippen molar-refractivity contribution in [3.8, 4) is 0 Å². The minimum atomic E-state index is -0.200. The molecule has 2 amide bonds. The fourth-order valence-electron chi connectivity index (χ4n) is 2.83.